The fourth-order valence-electron chi connectivity index (χ4n) is 1.10. The first-order valence-electron chi connectivity index (χ1n) is 5.32. The fraction of sp³-hybridized carbons (Fsp3) is 0.400. The first kappa shape index (κ1) is 12.1. The number of aromatic nitrogens is 5. The van der Waals surface area contributed by atoms with E-state index in [1.54, 1.807) is 16.9 Å². The summed E-state index contributed by atoms with van der Waals surface area (Å²) in [4.78, 5) is 12.0. The van der Waals surface area contributed by atoms with Gasteiger partial charge in [0.05, 0.1) is 0 Å². The maximum Gasteiger partial charge on any atom is 0.227 e. The normalized spacial score (nSPS) is 9.19. The molecule has 6 nitrogen and oxygen atoms in total. The van der Waals surface area contributed by atoms with Crippen molar-refractivity contribution in [2.75, 3.05) is 11.9 Å². The SMILES string of the molecule is CC.CCNc1ncnn1-c1ccncn1. The van der Waals surface area contributed by atoms with Crippen molar-refractivity contribution in [2.24, 2.45) is 0 Å². The maximum absolute atomic E-state index is 4.07. The average Bonchev–Trinajstić information content (AvgIpc) is 2.82. The lowest BCUT2D eigenvalue weighted by molar-refractivity contribution is 0.838. The van der Waals surface area contributed by atoms with Gasteiger partial charge >= 0.3 is 0 Å². The van der Waals surface area contributed by atoms with Gasteiger partial charge in [-0.05, 0) is 6.92 Å². The number of hydrogen-bond acceptors (Lipinski definition) is 5. The second-order valence-corrected chi connectivity index (χ2v) is 2.59. The lowest BCUT2D eigenvalue weighted by atomic mass is 10.6. The molecule has 0 bridgehead atoms. The minimum absolute atomic E-state index is 0.686. The van der Waals surface area contributed by atoms with E-state index in [0.717, 1.165) is 6.54 Å². The molecule has 86 valence electrons. The molecule has 0 saturated heterocycles. The van der Waals surface area contributed by atoms with E-state index >= 15 is 0 Å². The van der Waals surface area contributed by atoms with Crippen molar-refractivity contribution in [1.29, 1.82) is 0 Å². The summed E-state index contributed by atoms with van der Waals surface area (Å²) in [5.74, 6) is 1.39. The molecular weight excluding hydrogens is 204 g/mol. The van der Waals surface area contributed by atoms with Crippen LogP contribution in [0.5, 0.6) is 0 Å². The molecule has 0 aliphatic rings. The molecule has 16 heavy (non-hydrogen) atoms. The molecule has 0 aliphatic carbocycles. The van der Waals surface area contributed by atoms with Crippen LogP contribution in [0.1, 0.15) is 20.8 Å². The Kier molecular flexibility index (Phi) is 4.91. The van der Waals surface area contributed by atoms with E-state index in [0.29, 0.717) is 11.8 Å². The zero-order valence-electron chi connectivity index (χ0n) is 9.75. The summed E-state index contributed by atoms with van der Waals surface area (Å²) in [5, 5.41) is 7.14. The Morgan fingerprint density at radius 2 is 2.06 bits per heavy atom. The minimum atomic E-state index is 0.686. The van der Waals surface area contributed by atoms with Crippen molar-refractivity contribution in [2.45, 2.75) is 20.8 Å². The third-order valence-corrected chi connectivity index (χ3v) is 1.67. The molecule has 0 spiro atoms. The molecule has 0 radical (unpaired) electrons. The summed E-state index contributed by atoms with van der Waals surface area (Å²) in [6.07, 6.45) is 4.63. The van der Waals surface area contributed by atoms with Crippen molar-refractivity contribution in [3.63, 3.8) is 0 Å². The van der Waals surface area contributed by atoms with E-state index in [1.807, 2.05) is 20.8 Å². The zero-order chi connectivity index (χ0) is 11.8. The first-order chi connectivity index (χ1) is 7.92. The van der Waals surface area contributed by atoms with Gasteiger partial charge in [-0.25, -0.2) is 9.97 Å². The van der Waals surface area contributed by atoms with Gasteiger partial charge in [0.25, 0.3) is 0 Å². The van der Waals surface area contributed by atoms with Gasteiger partial charge in [0.2, 0.25) is 5.95 Å². The van der Waals surface area contributed by atoms with Crippen molar-refractivity contribution < 1.29 is 0 Å². The van der Waals surface area contributed by atoms with Crippen molar-refractivity contribution in [3.8, 4) is 5.82 Å². The number of anilines is 1. The Balaban J connectivity index is 0.000000606. The van der Waals surface area contributed by atoms with E-state index < -0.39 is 0 Å². The van der Waals surface area contributed by atoms with Crippen LogP contribution in [0.4, 0.5) is 5.95 Å². The Bertz CT molecular complexity index is 397. The van der Waals surface area contributed by atoms with E-state index in [2.05, 4.69) is 25.4 Å². The lowest BCUT2D eigenvalue weighted by Crippen LogP contribution is -2.07. The Labute approximate surface area is 94.8 Å². The van der Waals surface area contributed by atoms with E-state index in [-0.39, 0.29) is 0 Å². The van der Waals surface area contributed by atoms with Gasteiger partial charge in [-0.3, -0.25) is 0 Å². The molecule has 0 atom stereocenters. The van der Waals surface area contributed by atoms with Crippen LogP contribution in [0.2, 0.25) is 0 Å². The fourth-order valence-corrected chi connectivity index (χ4v) is 1.10. The predicted molar refractivity (Wildman–Crippen MR) is 62.5 cm³/mol. The predicted octanol–water partition coefficient (Wildman–Crippen LogP) is 1.52. The Hall–Kier alpha value is -1.98. The third kappa shape index (κ3) is 2.75. The lowest BCUT2D eigenvalue weighted by Gasteiger charge is -2.04. The molecule has 1 N–H and O–H groups in total. The molecule has 2 aromatic rings. The van der Waals surface area contributed by atoms with Gasteiger partial charge in [0, 0.05) is 18.8 Å². The highest BCUT2D eigenvalue weighted by atomic mass is 15.4. The summed E-state index contributed by atoms with van der Waals surface area (Å²) < 4.78 is 1.63. The van der Waals surface area contributed by atoms with Crippen molar-refractivity contribution >= 4 is 5.95 Å². The van der Waals surface area contributed by atoms with Crippen LogP contribution in [-0.4, -0.2) is 31.3 Å². The summed E-state index contributed by atoms with van der Waals surface area (Å²) in [5.41, 5.74) is 0. The molecule has 0 amide bonds. The highest BCUT2D eigenvalue weighted by Crippen LogP contribution is 2.07. The summed E-state index contributed by atoms with van der Waals surface area (Å²) >= 11 is 0. The second-order valence-electron chi connectivity index (χ2n) is 2.59. The quantitative estimate of drug-likeness (QED) is 0.849. The van der Waals surface area contributed by atoms with E-state index in [1.165, 1.54) is 12.7 Å². The number of nitrogens with one attached hydrogen (secondary N) is 1. The molecule has 6 heteroatoms. The first-order valence-corrected chi connectivity index (χ1v) is 5.32. The Morgan fingerprint density at radius 3 is 2.69 bits per heavy atom. The smallest absolute Gasteiger partial charge is 0.227 e. The van der Waals surface area contributed by atoms with Gasteiger partial charge in [0.15, 0.2) is 5.82 Å². The topological polar surface area (TPSA) is 68.5 Å². The highest BCUT2D eigenvalue weighted by molar-refractivity contribution is 5.33. The van der Waals surface area contributed by atoms with Crippen molar-refractivity contribution in [1.82, 2.24) is 24.7 Å². The monoisotopic (exact) mass is 220 g/mol. The van der Waals surface area contributed by atoms with Crippen LogP contribution < -0.4 is 5.32 Å². The van der Waals surface area contributed by atoms with Crippen LogP contribution in [0.15, 0.2) is 24.9 Å². The third-order valence-electron chi connectivity index (χ3n) is 1.67. The molecule has 0 aromatic carbocycles. The molecule has 0 saturated carbocycles. The molecule has 0 unspecified atom stereocenters. The van der Waals surface area contributed by atoms with Crippen LogP contribution in [0.25, 0.3) is 5.82 Å². The second kappa shape index (κ2) is 6.49. The van der Waals surface area contributed by atoms with Gasteiger partial charge < -0.3 is 5.32 Å². The number of hydrogen-bond donors (Lipinski definition) is 1. The molecular formula is C10H16N6. The van der Waals surface area contributed by atoms with Crippen LogP contribution in [0.3, 0.4) is 0 Å². The van der Waals surface area contributed by atoms with Gasteiger partial charge in [-0.15, -0.1) is 0 Å². The molecule has 0 aliphatic heterocycles. The molecule has 2 rings (SSSR count). The van der Waals surface area contributed by atoms with Crippen LogP contribution >= 0.6 is 0 Å². The van der Waals surface area contributed by atoms with E-state index in [4.69, 9.17) is 0 Å². The highest BCUT2D eigenvalue weighted by Gasteiger charge is 2.04. The summed E-state index contributed by atoms with van der Waals surface area (Å²) in [6, 6.07) is 1.77. The average molecular weight is 220 g/mol. The molecule has 0 fully saturated rings. The number of rotatable bonds is 3. The van der Waals surface area contributed by atoms with Gasteiger partial charge in [0.1, 0.15) is 12.7 Å². The summed E-state index contributed by atoms with van der Waals surface area (Å²) in [6.45, 7) is 6.79. The summed E-state index contributed by atoms with van der Waals surface area (Å²) in [7, 11) is 0. The van der Waals surface area contributed by atoms with Gasteiger partial charge in [-0.1, -0.05) is 13.8 Å². The van der Waals surface area contributed by atoms with E-state index in [9.17, 15) is 0 Å². The van der Waals surface area contributed by atoms with Crippen LogP contribution in [0, 0.1) is 0 Å². The maximum atomic E-state index is 4.07. The Morgan fingerprint density at radius 1 is 1.25 bits per heavy atom. The number of nitrogens with zero attached hydrogens (tertiary/aromatic N) is 5. The van der Waals surface area contributed by atoms with Gasteiger partial charge in [-0.2, -0.15) is 14.8 Å². The zero-order valence-corrected chi connectivity index (χ0v) is 9.75. The molecule has 2 aromatic heterocycles. The van der Waals surface area contributed by atoms with Crippen molar-refractivity contribution in [3.05, 3.63) is 24.9 Å². The minimum Gasteiger partial charge on any atom is -0.354 e. The standard InChI is InChI=1S/C8H10N6.C2H6/c1-2-10-8-12-6-13-14(8)7-3-4-9-5-11-7;1-2/h3-6H,2H2,1H3,(H,10,12,13);1-2H3. The largest absolute Gasteiger partial charge is 0.354 e. The van der Waals surface area contributed by atoms with Crippen LogP contribution in [-0.2, 0) is 0 Å². The molecule has 2 heterocycles.